The van der Waals surface area contributed by atoms with Crippen molar-refractivity contribution in [3.8, 4) is 0 Å². The van der Waals surface area contributed by atoms with Crippen LogP contribution in [0.4, 0.5) is 4.79 Å². The number of aliphatic imine (C=N–C) groups is 2. The van der Waals surface area contributed by atoms with E-state index in [1.807, 2.05) is 22.0 Å². The summed E-state index contributed by atoms with van der Waals surface area (Å²) < 4.78 is 5.58. The minimum Gasteiger partial charge on any atom is -0.463 e. The van der Waals surface area contributed by atoms with Crippen LogP contribution >= 0.6 is 0 Å². The molecule has 5 aliphatic rings. The van der Waals surface area contributed by atoms with Gasteiger partial charge in [0.25, 0.3) is 0 Å². The summed E-state index contributed by atoms with van der Waals surface area (Å²) in [4.78, 5) is 29.2. The number of carbonyl (C=O) groups excluding carboxylic acids is 1. The number of fused-ring (bicyclic) bond motifs is 3. The first-order valence-corrected chi connectivity index (χ1v) is 11.3. The fourth-order valence-electron chi connectivity index (χ4n) is 4.88. The molecule has 32 heavy (non-hydrogen) atoms. The van der Waals surface area contributed by atoms with Crippen LogP contribution in [0.2, 0.25) is 0 Å². The van der Waals surface area contributed by atoms with Crippen molar-refractivity contribution in [2.24, 2.45) is 21.7 Å². The van der Waals surface area contributed by atoms with Gasteiger partial charge in [0.15, 0.2) is 11.6 Å². The highest BCUT2D eigenvalue weighted by Gasteiger charge is 2.51. The van der Waals surface area contributed by atoms with E-state index in [4.69, 9.17) is 15.3 Å². The van der Waals surface area contributed by atoms with Crippen molar-refractivity contribution in [3.63, 3.8) is 0 Å². The molecule has 1 aliphatic carbocycles. The molecule has 6 rings (SSSR count). The second-order valence-corrected chi connectivity index (χ2v) is 9.06. The number of furan rings is 1. The summed E-state index contributed by atoms with van der Waals surface area (Å²) in [5, 5.41) is 4.86. The summed E-state index contributed by atoms with van der Waals surface area (Å²) in [6.07, 6.45) is 5.46. The zero-order chi connectivity index (χ0) is 21.8. The fourth-order valence-corrected chi connectivity index (χ4v) is 4.88. The number of nitrogens with two attached hydrogens (primary N) is 1. The van der Waals surface area contributed by atoms with Crippen LogP contribution in [0.25, 0.3) is 5.70 Å². The molecule has 5 heterocycles. The zero-order valence-corrected chi connectivity index (χ0v) is 18.3. The van der Waals surface area contributed by atoms with Crippen molar-refractivity contribution in [1.82, 2.24) is 29.7 Å². The Hall–Kier alpha value is -2.89. The Morgan fingerprint density at radius 2 is 1.94 bits per heavy atom. The molecule has 0 aromatic carbocycles. The van der Waals surface area contributed by atoms with Crippen molar-refractivity contribution in [3.05, 3.63) is 29.9 Å². The molecule has 2 saturated heterocycles. The maximum atomic E-state index is 13.1. The molecule has 3 fully saturated rings. The van der Waals surface area contributed by atoms with Gasteiger partial charge in [-0.15, -0.1) is 0 Å². The second-order valence-electron chi connectivity index (χ2n) is 9.06. The number of amides is 2. The van der Waals surface area contributed by atoms with Crippen molar-refractivity contribution >= 4 is 23.9 Å². The number of rotatable bonds is 6. The molecule has 0 bridgehead atoms. The van der Waals surface area contributed by atoms with Gasteiger partial charge in [-0.1, -0.05) is 0 Å². The Balaban J connectivity index is 1.17. The maximum Gasteiger partial charge on any atom is 0.341 e. The fraction of sp³-hybridized carbons (Fsp3) is 0.571. The molecule has 1 unspecified atom stereocenters. The van der Waals surface area contributed by atoms with Gasteiger partial charge in [-0.3, -0.25) is 9.80 Å². The van der Waals surface area contributed by atoms with E-state index < -0.39 is 6.29 Å². The summed E-state index contributed by atoms with van der Waals surface area (Å²) in [5.74, 6) is 8.26. The third kappa shape index (κ3) is 3.28. The number of nitrogens with zero attached hydrogens (tertiary/aromatic N) is 8. The highest BCUT2D eigenvalue weighted by atomic mass is 16.3. The molecule has 1 saturated carbocycles. The lowest BCUT2D eigenvalue weighted by molar-refractivity contribution is 0.0799. The number of urea groups is 1. The Morgan fingerprint density at radius 1 is 1.16 bits per heavy atom. The predicted octanol–water partition coefficient (Wildman–Crippen LogP) is 0.474. The average Bonchev–Trinajstić information content (AvgIpc) is 3.21. The molecule has 1 atom stereocenters. The Bertz CT molecular complexity index is 975. The number of hydrogen-bond acceptors (Lipinski definition) is 9. The van der Waals surface area contributed by atoms with E-state index in [2.05, 4.69) is 14.8 Å². The average molecular weight is 440 g/mol. The van der Waals surface area contributed by atoms with Crippen LogP contribution in [0.5, 0.6) is 0 Å². The highest BCUT2D eigenvalue weighted by Crippen LogP contribution is 2.38. The normalized spacial score (nSPS) is 26.4. The minimum atomic E-state index is -0.466. The molecule has 11 nitrogen and oxygen atoms in total. The molecule has 2 N–H and O–H groups in total. The molecule has 170 valence electrons. The van der Waals surface area contributed by atoms with Crippen LogP contribution < -0.4 is 5.84 Å². The van der Waals surface area contributed by atoms with Crippen molar-refractivity contribution in [1.29, 1.82) is 0 Å². The molecule has 0 spiro atoms. The van der Waals surface area contributed by atoms with E-state index in [-0.39, 0.29) is 6.03 Å². The third-order valence-electron chi connectivity index (χ3n) is 6.89. The van der Waals surface area contributed by atoms with Gasteiger partial charge in [-0.25, -0.2) is 35.6 Å². The van der Waals surface area contributed by atoms with Gasteiger partial charge in [-0.2, -0.15) is 0 Å². The lowest BCUT2D eigenvalue weighted by Gasteiger charge is -2.35. The first kappa shape index (κ1) is 19.8. The summed E-state index contributed by atoms with van der Waals surface area (Å²) in [6.45, 7) is 7.01. The Labute approximate surface area is 187 Å². The second kappa shape index (κ2) is 7.61. The molecule has 1 aromatic heterocycles. The van der Waals surface area contributed by atoms with Crippen LogP contribution in [-0.4, -0.2) is 107 Å². The van der Waals surface area contributed by atoms with Crippen LogP contribution in [-0.2, 0) is 0 Å². The molecule has 1 aromatic rings. The van der Waals surface area contributed by atoms with Crippen LogP contribution in [0.3, 0.4) is 0 Å². The molecular formula is C21H29N9O2. The van der Waals surface area contributed by atoms with Crippen LogP contribution in [0.1, 0.15) is 18.6 Å². The van der Waals surface area contributed by atoms with Crippen molar-refractivity contribution in [2.45, 2.75) is 19.1 Å². The van der Waals surface area contributed by atoms with Crippen molar-refractivity contribution in [2.75, 3.05) is 52.9 Å². The lowest BCUT2D eigenvalue weighted by atomic mass is 10.2. The smallest absolute Gasteiger partial charge is 0.341 e. The minimum absolute atomic E-state index is 0.0745. The van der Waals surface area contributed by atoms with Gasteiger partial charge in [0.1, 0.15) is 17.7 Å². The first-order chi connectivity index (χ1) is 15.6. The van der Waals surface area contributed by atoms with Gasteiger partial charge in [-0.05, 0) is 30.9 Å². The first-order valence-electron chi connectivity index (χ1n) is 11.3. The van der Waals surface area contributed by atoms with Gasteiger partial charge in [0.2, 0.25) is 6.29 Å². The molecule has 4 aliphatic heterocycles. The van der Waals surface area contributed by atoms with Crippen LogP contribution in [0.15, 0.2) is 38.5 Å². The van der Waals surface area contributed by atoms with Gasteiger partial charge < -0.3 is 9.32 Å². The van der Waals surface area contributed by atoms with E-state index in [9.17, 15) is 4.79 Å². The molecule has 11 heteroatoms. The van der Waals surface area contributed by atoms with E-state index >= 15 is 0 Å². The number of hydrogen-bond donors (Lipinski definition) is 1. The van der Waals surface area contributed by atoms with E-state index in [1.54, 1.807) is 18.3 Å². The topological polar surface area (TPSA) is 100 Å². The summed E-state index contributed by atoms with van der Waals surface area (Å²) in [7, 11) is 1.76. The van der Waals surface area contributed by atoms with Gasteiger partial charge in [0.05, 0.1) is 6.26 Å². The zero-order valence-electron chi connectivity index (χ0n) is 18.3. The molecule has 0 radical (unpaired) electrons. The Kier molecular flexibility index (Phi) is 4.70. The number of amidine groups is 1. The predicted molar refractivity (Wildman–Crippen MR) is 119 cm³/mol. The van der Waals surface area contributed by atoms with E-state index in [0.717, 1.165) is 38.6 Å². The standard InChI is InChI=1S/C21H29N9O2/c1-25-21(31)28(11-10-26-6-8-27(9-7-26)13-15-4-5-15)20-24-19-18(30(20)25)17(23-14-29(19)22)16-3-2-12-32-16/h2-3,12,14-15,20H,4-11,13,22H2,1H3. The number of hydrazine groups is 2. The van der Waals surface area contributed by atoms with Gasteiger partial charge >= 0.3 is 6.03 Å². The number of carbonyl (C=O) groups is 1. The summed E-state index contributed by atoms with van der Waals surface area (Å²) in [5.41, 5.74) is 1.30. The third-order valence-corrected chi connectivity index (χ3v) is 6.89. The molecular weight excluding hydrogens is 410 g/mol. The number of piperazine rings is 1. The largest absolute Gasteiger partial charge is 0.463 e. The van der Waals surface area contributed by atoms with Gasteiger partial charge in [0, 0.05) is 52.9 Å². The lowest BCUT2D eigenvalue weighted by Crippen LogP contribution is -2.49. The highest BCUT2D eigenvalue weighted by molar-refractivity contribution is 6.12. The summed E-state index contributed by atoms with van der Waals surface area (Å²) in [6, 6.07) is 3.58. The monoisotopic (exact) mass is 439 g/mol. The SMILES string of the molecule is CN1C(=O)N(CCN2CCN(CC3CC3)CC2)C2N=C3C(=C(c4ccco4)N=CN3N)N21. The summed E-state index contributed by atoms with van der Waals surface area (Å²) >= 11 is 0. The van der Waals surface area contributed by atoms with Crippen molar-refractivity contribution < 1.29 is 9.21 Å². The maximum absolute atomic E-state index is 13.1. The quantitative estimate of drug-likeness (QED) is 0.643. The van der Waals surface area contributed by atoms with E-state index in [1.165, 1.54) is 30.7 Å². The van der Waals surface area contributed by atoms with E-state index in [0.29, 0.717) is 29.5 Å². The van der Waals surface area contributed by atoms with Crippen LogP contribution in [0, 0.1) is 5.92 Å². The Morgan fingerprint density at radius 3 is 2.66 bits per heavy atom. The molecule has 2 amide bonds.